The van der Waals surface area contributed by atoms with Crippen LogP contribution in [0, 0.1) is 0 Å². The molecule has 5 rings (SSSR count). The lowest BCUT2D eigenvalue weighted by atomic mass is 10.0. The van der Waals surface area contributed by atoms with Crippen LogP contribution in [-0.2, 0) is 19.0 Å². The van der Waals surface area contributed by atoms with Gasteiger partial charge in [0.05, 0.1) is 16.9 Å². The van der Waals surface area contributed by atoms with E-state index in [9.17, 15) is 18.0 Å². The fourth-order valence-electron chi connectivity index (χ4n) is 4.13. The van der Waals surface area contributed by atoms with E-state index < -0.39 is 11.7 Å². The number of nitrogens with zero attached hydrogens (tertiary/aromatic N) is 2. The van der Waals surface area contributed by atoms with Gasteiger partial charge in [-0.15, -0.1) is 0 Å². The van der Waals surface area contributed by atoms with Crippen LogP contribution in [0.4, 0.5) is 18.9 Å². The topological polar surface area (TPSA) is 46.4 Å². The number of pyridine rings is 1. The van der Waals surface area contributed by atoms with Gasteiger partial charge in [0, 0.05) is 17.5 Å². The zero-order chi connectivity index (χ0) is 22.3. The molecule has 0 bridgehead atoms. The van der Waals surface area contributed by atoms with Crippen molar-refractivity contribution in [2.24, 2.45) is 0 Å². The van der Waals surface area contributed by atoms with Gasteiger partial charge in [-0.1, -0.05) is 24.3 Å². The highest BCUT2D eigenvalue weighted by Crippen LogP contribution is 2.31. The summed E-state index contributed by atoms with van der Waals surface area (Å²) in [4.78, 5) is 17.4. The Hall–Kier alpha value is -3.61. The molecule has 4 aromatic rings. The summed E-state index contributed by atoms with van der Waals surface area (Å²) in [5.41, 5.74) is 5.08. The van der Waals surface area contributed by atoms with Crippen molar-refractivity contribution in [1.29, 1.82) is 0 Å². The minimum Gasteiger partial charge on any atom is -0.321 e. The number of aromatic nitrogens is 2. The van der Waals surface area contributed by atoms with Crippen LogP contribution in [0.2, 0.25) is 0 Å². The fraction of sp³-hybridized carbons (Fsp3) is 0.200. The summed E-state index contributed by atoms with van der Waals surface area (Å²) in [5.74, 6) is -0.252. The highest BCUT2D eigenvalue weighted by molar-refractivity contribution is 6.04. The minimum absolute atomic E-state index is 0.252. The van der Waals surface area contributed by atoms with Gasteiger partial charge in [-0.3, -0.25) is 4.79 Å². The number of amides is 1. The number of benzene rings is 2. The number of fused-ring (bicyclic) bond motifs is 3. The van der Waals surface area contributed by atoms with Crippen molar-refractivity contribution < 1.29 is 18.0 Å². The number of aryl methyl sites for hydroxylation is 2. The third kappa shape index (κ3) is 3.86. The molecule has 0 fully saturated rings. The third-order valence-corrected chi connectivity index (χ3v) is 5.83. The molecule has 2 aromatic heterocycles. The zero-order valence-corrected chi connectivity index (χ0v) is 17.1. The molecular weight excluding hydrogens is 415 g/mol. The van der Waals surface area contributed by atoms with E-state index in [-0.39, 0.29) is 5.91 Å². The van der Waals surface area contributed by atoms with Crippen LogP contribution in [0.25, 0.3) is 16.8 Å². The molecule has 0 spiro atoms. The van der Waals surface area contributed by atoms with Crippen LogP contribution >= 0.6 is 0 Å². The summed E-state index contributed by atoms with van der Waals surface area (Å²) in [6, 6.07) is 15.5. The lowest BCUT2D eigenvalue weighted by molar-refractivity contribution is -0.137. The smallest absolute Gasteiger partial charge is 0.321 e. The van der Waals surface area contributed by atoms with Crippen LogP contribution < -0.4 is 5.32 Å². The predicted octanol–water partition coefficient (Wildman–Crippen LogP) is 6.15. The van der Waals surface area contributed by atoms with E-state index in [1.54, 1.807) is 24.3 Å². The molecule has 0 aliphatic heterocycles. The van der Waals surface area contributed by atoms with E-state index in [0.717, 1.165) is 54.7 Å². The minimum atomic E-state index is -4.36. The molecule has 1 amide bonds. The van der Waals surface area contributed by atoms with E-state index in [1.807, 2.05) is 18.3 Å². The number of anilines is 1. The van der Waals surface area contributed by atoms with Crippen molar-refractivity contribution in [3.8, 4) is 11.1 Å². The van der Waals surface area contributed by atoms with Crippen LogP contribution in [0.5, 0.6) is 0 Å². The quantitative estimate of drug-likeness (QED) is 0.419. The number of hydrogen-bond acceptors (Lipinski definition) is 2. The summed E-state index contributed by atoms with van der Waals surface area (Å²) < 4.78 is 40.3. The number of carbonyl (C=O) groups is 1. The number of imidazole rings is 1. The second-order valence-corrected chi connectivity index (χ2v) is 7.96. The Morgan fingerprint density at radius 1 is 0.875 bits per heavy atom. The van der Waals surface area contributed by atoms with E-state index in [0.29, 0.717) is 16.8 Å². The van der Waals surface area contributed by atoms with Crippen LogP contribution in [-0.4, -0.2) is 15.3 Å². The summed E-state index contributed by atoms with van der Waals surface area (Å²) >= 11 is 0. The fourth-order valence-corrected chi connectivity index (χ4v) is 4.13. The van der Waals surface area contributed by atoms with E-state index in [4.69, 9.17) is 0 Å². The van der Waals surface area contributed by atoms with Crippen LogP contribution in [0.3, 0.4) is 0 Å². The molecule has 7 heteroatoms. The van der Waals surface area contributed by atoms with Gasteiger partial charge in [0.1, 0.15) is 5.65 Å². The van der Waals surface area contributed by atoms with Crippen LogP contribution in [0.15, 0.2) is 66.9 Å². The molecule has 0 unspecified atom stereocenters. The van der Waals surface area contributed by atoms with Gasteiger partial charge in [-0.2, -0.15) is 13.2 Å². The molecule has 2 aromatic carbocycles. The highest BCUT2D eigenvalue weighted by atomic mass is 19.4. The molecular formula is C25H20F3N3O. The first kappa shape index (κ1) is 20.3. The van der Waals surface area contributed by atoms with Gasteiger partial charge in [0.25, 0.3) is 5.91 Å². The Morgan fingerprint density at radius 3 is 2.22 bits per heavy atom. The first-order valence-electron chi connectivity index (χ1n) is 10.5. The lowest BCUT2D eigenvalue weighted by Gasteiger charge is -2.11. The van der Waals surface area contributed by atoms with E-state index in [2.05, 4.69) is 14.7 Å². The Morgan fingerprint density at radius 2 is 1.53 bits per heavy atom. The molecule has 162 valence electrons. The Bertz CT molecular complexity index is 1290. The number of rotatable bonds is 3. The molecule has 0 radical (unpaired) electrons. The van der Waals surface area contributed by atoms with E-state index >= 15 is 0 Å². The normalized spacial score (nSPS) is 13.7. The Labute approximate surface area is 182 Å². The molecule has 1 aliphatic carbocycles. The average molecular weight is 435 g/mol. The largest absolute Gasteiger partial charge is 0.416 e. The maximum absolute atomic E-state index is 12.7. The average Bonchev–Trinajstić information content (AvgIpc) is 3.17. The van der Waals surface area contributed by atoms with Crippen molar-refractivity contribution in [2.75, 3.05) is 5.32 Å². The van der Waals surface area contributed by atoms with Gasteiger partial charge in [-0.05, 0) is 73.2 Å². The highest BCUT2D eigenvalue weighted by Gasteiger charge is 2.30. The van der Waals surface area contributed by atoms with Crippen molar-refractivity contribution in [1.82, 2.24) is 9.38 Å². The second-order valence-electron chi connectivity index (χ2n) is 7.96. The molecule has 0 saturated heterocycles. The van der Waals surface area contributed by atoms with Crippen molar-refractivity contribution in [3.05, 3.63) is 89.4 Å². The third-order valence-electron chi connectivity index (χ3n) is 5.83. The summed E-state index contributed by atoms with van der Waals surface area (Å²) in [6.45, 7) is 0. The molecule has 4 nitrogen and oxygen atoms in total. The summed E-state index contributed by atoms with van der Waals surface area (Å²) in [7, 11) is 0. The number of hydrogen-bond donors (Lipinski definition) is 1. The van der Waals surface area contributed by atoms with Crippen LogP contribution in [0.1, 0.15) is 40.2 Å². The van der Waals surface area contributed by atoms with Crippen molar-refractivity contribution in [2.45, 2.75) is 31.9 Å². The second kappa shape index (κ2) is 7.82. The molecule has 0 saturated carbocycles. The number of nitrogens with one attached hydrogen (secondary N) is 1. The first-order valence-corrected chi connectivity index (χ1v) is 10.5. The molecule has 1 N–H and O–H groups in total. The maximum Gasteiger partial charge on any atom is 0.416 e. The predicted molar refractivity (Wildman–Crippen MR) is 117 cm³/mol. The van der Waals surface area contributed by atoms with E-state index in [1.165, 1.54) is 17.8 Å². The van der Waals surface area contributed by atoms with Crippen molar-refractivity contribution >= 4 is 17.2 Å². The first-order chi connectivity index (χ1) is 15.4. The van der Waals surface area contributed by atoms with Crippen molar-refractivity contribution in [3.63, 3.8) is 0 Å². The summed E-state index contributed by atoms with van der Waals surface area (Å²) in [6.07, 6.45) is 1.81. The van der Waals surface area contributed by atoms with Gasteiger partial charge < -0.3 is 9.72 Å². The maximum atomic E-state index is 12.7. The zero-order valence-electron chi connectivity index (χ0n) is 17.1. The SMILES string of the molecule is O=C(Nc1ccc2nc3c(n2c1)CCCC3)c1ccc(-c2ccc(C(F)(F)F)cc2)cc1. The lowest BCUT2D eigenvalue weighted by Crippen LogP contribution is -2.12. The molecule has 2 heterocycles. The van der Waals surface area contributed by atoms with Gasteiger partial charge in [0.15, 0.2) is 0 Å². The Balaban J connectivity index is 1.33. The Kier molecular flexibility index (Phi) is 4.96. The molecule has 1 aliphatic rings. The van der Waals surface area contributed by atoms with Gasteiger partial charge in [-0.25, -0.2) is 4.98 Å². The number of alkyl halides is 3. The standard InChI is InChI=1S/C25H20F3N3O/c26-25(27,28)19-11-9-17(10-12-19)16-5-7-18(8-6-16)24(32)29-20-13-14-23-30-21-3-1-2-4-22(21)31(23)15-20/h5-15H,1-4H2,(H,29,32). The summed E-state index contributed by atoms with van der Waals surface area (Å²) in [5, 5.41) is 2.92. The molecule has 32 heavy (non-hydrogen) atoms. The number of carbonyl (C=O) groups excluding carboxylic acids is 1. The molecule has 0 atom stereocenters. The van der Waals surface area contributed by atoms with Gasteiger partial charge >= 0.3 is 6.18 Å². The van der Waals surface area contributed by atoms with Gasteiger partial charge in [0.2, 0.25) is 0 Å². The monoisotopic (exact) mass is 435 g/mol. The number of halogens is 3.